The van der Waals surface area contributed by atoms with Gasteiger partial charge in [0, 0.05) is 61.9 Å². The van der Waals surface area contributed by atoms with Crippen molar-refractivity contribution in [3.05, 3.63) is 83.4 Å². The molecule has 9 heteroatoms. The Hall–Kier alpha value is -2.91. The van der Waals surface area contributed by atoms with Crippen molar-refractivity contribution in [3.63, 3.8) is 0 Å². The van der Waals surface area contributed by atoms with Crippen LogP contribution >= 0.6 is 11.6 Å². The van der Waals surface area contributed by atoms with E-state index in [9.17, 15) is 13.2 Å². The van der Waals surface area contributed by atoms with Gasteiger partial charge in [-0.3, -0.25) is 4.90 Å². The van der Waals surface area contributed by atoms with Crippen molar-refractivity contribution < 1.29 is 13.2 Å². The monoisotopic (exact) mass is 606 g/mol. The van der Waals surface area contributed by atoms with E-state index >= 15 is 0 Å². The second kappa shape index (κ2) is 11.6. The van der Waals surface area contributed by atoms with Crippen LogP contribution in [0.5, 0.6) is 0 Å². The Morgan fingerprint density at radius 3 is 2.43 bits per heavy atom. The van der Waals surface area contributed by atoms with E-state index in [0.717, 1.165) is 23.1 Å². The summed E-state index contributed by atoms with van der Waals surface area (Å²) in [6.07, 6.45) is 4.64. The molecule has 4 aliphatic rings. The summed E-state index contributed by atoms with van der Waals surface area (Å²) in [5.41, 5.74) is 2.36. The molecule has 3 aliphatic carbocycles. The highest BCUT2D eigenvalue weighted by Gasteiger charge is 2.51. The van der Waals surface area contributed by atoms with Crippen LogP contribution in [0, 0.1) is 17.3 Å². The van der Waals surface area contributed by atoms with Crippen LogP contribution in [0.3, 0.4) is 0 Å². The maximum Gasteiger partial charge on any atom is 0.322 e. The number of benzene rings is 3. The number of halogens is 1. The smallest absolute Gasteiger partial charge is 0.319 e. The number of carbonyl (C=O) groups excluding carboxylic acids is 1. The summed E-state index contributed by atoms with van der Waals surface area (Å²) in [6, 6.07) is 20.1. The van der Waals surface area contributed by atoms with E-state index in [2.05, 4.69) is 30.1 Å². The number of fused-ring (bicyclic) bond motifs is 2. The number of sulfonamides is 1. The predicted octanol–water partition coefficient (Wildman–Crippen LogP) is 6.33. The number of nitrogens with one attached hydrogen (secondary N) is 1. The van der Waals surface area contributed by atoms with E-state index in [1.807, 2.05) is 53.4 Å². The minimum atomic E-state index is -3.61. The highest BCUT2D eigenvalue weighted by Crippen LogP contribution is 2.59. The number of nitrogens with zero attached hydrogens (tertiary/aromatic N) is 3. The molecule has 2 amide bonds. The van der Waals surface area contributed by atoms with E-state index < -0.39 is 10.0 Å². The summed E-state index contributed by atoms with van der Waals surface area (Å²) in [6.45, 7) is 8.63. The van der Waals surface area contributed by atoms with Crippen LogP contribution in [-0.4, -0.2) is 74.4 Å². The first-order valence-electron chi connectivity index (χ1n) is 14.8. The van der Waals surface area contributed by atoms with E-state index in [0.29, 0.717) is 67.3 Å². The van der Waals surface area contributed by atoms with Crippen molar-refractivity contribution in [1.82, 2.24) is 14.1 Å². The summed E-state index contributed by atoms with van der Waals surface area (Å²) >= 11 is 6.04. The molecule has 2 bridgehead atoms. The maximum absolute atomic E-state index is 13.6. The number of urea groups is 1. The van der Waals surface area contributed by atoms with Gasteiger partial charge in [-0.05, 0) is 65.8 Å². The van der Waals surface area contributed by atoms with Crippen LogP contribution in [0.4, 0.5) is 10.5 Å². The molecule has 1 saturated carbocycles. The minimum absolute atomic E-state index is 0.130. The van der Waals surface area contributed by atoms with Gasteiger partial charge in [0.1, 0.15) is 0 Å². The fourth-order valence-electron chi connectivity index (χ4n) is 6.88. The molecule has 2 fully saturated rings. The topological polar surface area (TPSA) is 73.0 Å². The van der Waals surface area contributed by atoms with E-state index in [-0.39, 0.29) is 11.4 Å². The number of allylic oxidation sites excluding steroid dienone is 1. The van der Waals surface area contributed by atoms with Crippen molar-refractivity contribution in [2.75, 3.05) is 51.1 Å². The van der Waals surface area contributed by atoms with Crippen LogP contribution in [0.1, 0.15) is 26.7 Å². The molecule has 0 aromatic heterocycles. The lowest BCUT2D eigenvalue weighted by molar-refractivity contribution is -0.00967. The number of hydrogen-bond donors (Lipinski definition) is 1. The largest absolute Gasteiger partial charge is 0.322 e. The summed E-state index contributed by atoms with van der Waals surface area (Å²) < 4.78 is 28.8. The average molecular weight is 607 g/mol. The lowest BCUT2D eigenvalue weighted by atomic mass is 9.49. The Balaban J connectivity index is 1.11. The Labute approximate surface area is 254 Å². The highest BCUT2D eigenvalue weighted by atomic mass is 35.5. The van der Waals surface area contributed by atoms with Crippen LogP contribution < -0.4 is 5.32 Å². The van der Waals surface area contributed by atoms with Gasteiger partial charge in [0.15, 0.2) is 0 Å². The highest BCUT2D eigenvalue weighted by molar-refractivity contribution is 7.89. The molecule has 2 atom stereocenters. The van der Waals surface area contributed by atoms with E-state index in [1.165, 1.54) is 12.0 Å². The minimum Gasteiger partial charge on any atom is -0.319 e. The van der Waals surface area contributed by atoms with Gasteiger partial charge in [-0.2, -0.15) is 4.31 Å². The molecule has 1 saturated heterocycles. The second-order valence-corrected chi connectivity index (χ2v) is 14.7. The van der Waals surface area contributed by atoms with Gasteiger partial charge >= 0.3 is 6.03 Å². The summed E-state index contributed by atoms with van der Waals surface area (Å²) in [4.78, 5) is 18.1. The number of piperazine rings is 1. The zero-order valence-corrected chi connectivity index (χ0v) is 25.9. The number of amides is 2. The van der Waals surface area contributed by atoms with Crippen LogP contribution in [-0.2, 0) is 10.0 Å². The fraction of sp³-hybridized carbons (Fsp3) is 0.424. The van der Waals surface area contributed by atoms with Gasteiger partial charge in [0.2, 0.25) is 10.0 Å². The molecule has 0 radical (unpaired) electrons. The van der Waals surface area contributed by atoms with Gasteiger partial charge in [-0.1, -0.05) is 73.5 Å². The molecule has 7 rings (SSSR count). The number of anilines is 1. The molecule has 1 N–H and O–H groups in total. The molecule has 2 unspecified atom stereocenters. The standard InChI is InChI=1S/C33H39ClN4O3S/c1-33(2)26-11-10-25(30(33)22-26)23-37(32(39)35-28-14-12-27(34)13-15-28)19-16-36-17-20-38(21-18-36)42(40,41)31-9-5-7-24-6-3-4-8-29(24)31/h3-10,12-15,26,30H,11,16-23H2,1-2H3,(H,35,39). The number of carbonyl (C=O) groups is 1. The normalized spacial score (nSPS) is 22.3. The van der Waals surface area contributed by atoms with Crippen molar-refractivity contribution in [1.29, 1.82) is 0 Å². The van der Waals surface area contributed by atoms with Crippen LogP contribution in [0.15, 0.2) is 83.3 Å². The lowest BCUT2D eigenvalue weighted by Gasteiger charge is -2.57. The summed E-state index contributed by atoms with van der Waals surface area (Å²) in [5.74, 6) is 1.26. The van der Waals surface area contributed by atoms with Gasteiger partial charge in [0.25, 0.3) is 0 Å². The maximum atomic E-state index is 13.6. The summed E-state index contributed by atoms with van der Waals surface area (Å²) in [7, 11) is -3.61. The van der Waals surface area contributed by atoms with Crippen LogP contribution in [0.2, 0.25) is 5.02 Å². The van der Waals surface area contributed by atoms with Crippen molar-refractivity contribution in [2.24, 2.45) is 17.3 Å². The Bertz CT molecular complexity index is 1590. The van der Waals surface area contributed by atoms with Crippen LogP contribution in [0.25, 0.3) is 10.8 Å². The first-order chi connectivity index (χ1) is 20.1. The Kier molecular flexibility index (Phi) is 8.09. The molecular formula is C33H39ClN4O3S. The lowest BCUT2D eigenvalue weighted by Crippen LogP contribution is -2.52. The fourth-order valence-corrected chi connectivity index (χ4v) is 8.64. The molecule has 1 aliphatic heterocycles. The van der Waals surface area contributed by atoms with Gasteiger partial charge in [0.05, 0.1) is 4.90 Å². The second-order valence-electron chi connectivity index (χ2n) is 12.4. The molecule has 222 valence electrons. The molecule has 7 nitrogen and oxygen atoms in total. The third-order valence-electron chi connectivity index (χ3n) is 9.72. The quantitative estimate of drug-likeness (QED) is 0.304. The summed E-state index contributed by atoms with van der Waals surface area (Å²) in [5, 5.41) is 5.35. The zero-order valence-electron chi connectivity index (χ0n) is 24.3. The van der Waals surface area contributed by atoms with Crippen molar-refractivity contribution >= 4 is 44.1 Å². The average Bonchev–Trinajstić information content (AvgIpc) is 3.00. The first kappa shape index (κ1) is 29.2. The zero-order chi connectivity index (χ0) is 29.5. The van der Waals surface area contributed by atoms with Crippen molar-refractivity contribution in [3.8, 4) is 0 Å². The number of hydrogen-bond acceptors (Lipinski definition) is 4. The molecule has 0 spiro atoms. The van der Waals surface area contributed by atoms with Crippen molar-refractivity contribution in [2.45, 2.75) is 31.6 Å². The molecule has 1 heterocycles. The third-order valence-corrected chi connectivity index (χ3v) is 11.9. The van der Waals surface area contributed by atoms with Gasteiger partial charge in [-0.25, -0.2) is 13.2 Å². The Morgan fingerprint density at radius 2 is 1.71 bits per heavy atom. The molecule has 3 aromatic carbocycles. The van der Waals surface area contributed by atoms with E-state index in [1.54, 1.807) is 22.5 Å². The predicted molar refractivity (Wildman–Crippen MR) is 169 cm³/mol. The number of rotatable bonds is 8. The molecular weight excluding hydrogens is 568 g/mol. The van der Waals surface area contributed by atoms with E-state index in [4.69, 9.17) is 11.6 Å². The molecule has 42 heavy (non-hydrogen) atoms. The van der Waals surface area contributed by atoms with Gasteiger partial charge in [-0.15, -0.1) is 0 Å². The first-order valence-corrected chi connectivity index (χ1v) is 16.7. The molecule has 3 aromatic rings. The SMILES string of the molecule is CC1(C)C2CC=C(CN(CCN3CCN(S(=O)(=O)c4cccc5ccccc45)CC3)C(=O)Nc3ccc(Cl)cc3)C1C2. The third kappa shape index (κ3) is 5.70. The van der Waals surface area contributed by atoms with Gasteiger partial charge < -0.3 is 10.2 Å². The Morgan fingerprint density at radius 1 is 1.00 bits per heavy atom.